The predicted octanol–water partition coefficient (Wildman–Crippen LogP) is 4.87. The molecule has 0 radical (unpaired) electrons. The second-order valence-corrected chi connectivity index (χ2v) is 6.99. The van der Waals surface area contributed by atoms with Crippen molar-refractivity contribution in [3.05, 3.63) is 65.6 Å². The topological polar surface area (TPSA) is 58.0 Å². The molecule has 1 unspecified atom stereocenters. The van der Waals surface area contributed by atoms with E-state index in [4.69, 9.17) is 21.1 Å². The third-order valence-corrected chi connectivity index (χ3v) is 5.33. The summed E-state index contributed by atoms with van der Waals surface area (Å²) in [5, 5.41) is 6.11. The van der Waals surface area contributed by atoms with Gasteiger partial charge >= 0.3 is 0 Å². The molecule has 0 aliphatic carbocycles. The summed E-state index contributed by atoms with van der Waals surface area (Å²) in [4.78, 5) is 10.2. The summed E-state index contributed by atoms with van der Waals surface area (Å²) in [6, 6.07) is 16.0. The van der Waals surface area contributed by atoms with Crippen LogP contribution in [0.3, 0.4) is 0 Å². The van der Waals surface area contributed by atoms with E-state index in [1.165, 1.54) is 0 Å². The molecule has 2 aromatic carbocycles. The summed E-state index contributed by atoms with van der Waals surface area (Å²) >= 11 is 6.33. The zero-order chi connectivity index (χ0) is 17.5. The van der Waals surface area contributed by atoms with Crippen LogP contribution in [0.25, 0.3) is 22.3 Å². The summed E-state index contributed by atoms with van der Waals surface area (Å²) in [5.41, 5.74) is 3.12. The number of nitrogens with one attached hydrogen (secondary N) is 1. The smallest absolute Gasteiger partial charge is 0.231 e. The van der Waals surface area contributed by atoms with Crippen molar-refractivity contribution in [1.29, 1.82) is 0 Å². The van der Waals surface area contributed by atoms with Gasteiger partial charge < -0.3 is 14.4 Å². The first-order valence-electron chi connectivity index (χ1n) is 8.69. The zero-order valence-corrected chi connectivity index (χ0v) is 14.8. The molecule has 4 aromatic rings. The second kappa shape index (κ2) is 6.18. The molecule has 1 atom stereocenters. The van der Waals surface area contributed by atoms with Crippen LogP contribution in [0.5, 0.6) is 0 Å². The Balaban J connectivity index is 1.41. The molecule has 0 spiro atoms. The maximum absolute atomic E-state index is 6.33. The highest BCUT2D eigenvalue weighted by Crippen LogP contribution is 2.35. The van der Waals surface area contributed by atoms with Crippen LogP contribution in [0.4, 0.5) is 5.69 Å². The summed E-state index contributed by atoms with van der Waals surface area (Å²) in [6.07, 6.45) is 2.90. The predicted molar refractivity (Wildman–Crippen MR) is 103 cm³/mol. The van der Waals surface area contributed by atoms with Gasteiger partial charge in [-0.2, -0.15) is 4.98 Å². The van der Waals surface area contributed by atoms with E-state index < -0.39 is 0 Å². The molecular formula is C20H17ClN4O. The van der Waals surface area contributed by atoms with Gasteiger partial charge in [-0.25, -0.2) is 0 Å². The minimum Gasteiger partial charge on any atom is -0.370 e. The van der Waals surface area contributed by atoms with Gasteiger partial charge in [-0.1, -0.05) is 41.0 Å². The molecular weight excluding hydrogens is 348 g/mol. The number of nitrogens with zero attached hydrogens (tertiary/aromatic N) is 3. The molecule has 5 rings (SSSR count). The van der Waals surface area contributed by atoms with Crippen molar-refractivity contribution in [3.63, 3.8) is 0 Å². The summed E-state index contributed by atoms with van der Waals surface area (Å²) in [7, 11) is 0. The van der Waals surface area contributed by atoms with E-state index in [1.807, 2.05) is 48.7 Å². The SMILES string of the molecule is Clc1ccccc1N1CCC(c2nc(-c3cccc4[nH]ccc34)no2)C1. The average molecular weight is 365 g/mol. The van der Waals surface area contributed by atoms with Gasteiger partial charge in [0.1, 0.15) is 0 Å². The molecule has 0 bridgehead atoms. The van der Waals surface area contributed by atoms with E-state index in [1.54, 1.807) is 0 Å². The third kappa shape index (κ3) is 2.56. The van der Waals surface area contributed by atoms with Crippen LogP contribution in [-0.4, -0.2) is 28.2 Å². The minimum atomic E-state index is 0.220. The monoisotopic (exact) mass is 364 g/mol. The van der Waals surface area contributed by atoms with Gasteiger partial charge in [0.2, 0.25) is 11.7 Å². The lowest BCUT2D eigenvalue weighted by molar-refractivity contribution is 0.360. The van der Waals surface area contributed by atoms with Crippen LogP contribution >= 0.6 is 11.6 Å². The van der Waals surface area contributed by atoms with Gasteiger partial charge in [0.05, 0.1) is 16.6 Å². The van der Waals surface area contributed by atoms with Crippen molar-refractivity contribution in [2.75, 3.05) is 18.0 Å². The van der Waals surface area contributed by atoms with Gasteiger partial charge in [-0.15, -0.1) is 0 Å². The van der Waals surface area contributed by atoms with Gasteiger partial charge in [-0.05, 0) is 30.7 Å². The molecule has 1 aliphatic rings. The van der Waals surface area contributed by atoms with E-state index in [0.29, 0.717) is 11.7 Å². The Morgan fingerprint density at radius 3 is 2.96 bits per heavy atom. The highest BCUT2D eigenvalue weighted by atomic mass is 35.5. The molecule has 5 nitrogen and oxygen atoms in total. The average Bonchev–Trinajstić information content (AvgIpc) is 3.40. The van der Waals surface area contributed by atoms with Crippen molar-refractivity contribution in [2.24, 2.45) is 0 Å². The van der Waals surface area contributed by atoms with Crippen molar-refractivity contribution in [1.82, 2.24) is 15.1 Å². The fourth-order valence-electron chi connectivity index (χ4n) is 3.68. The largest absolute Gasteiger partial charge is 0.370 e. The second-order valence-electron chi connectivity index (χ2n) is 6.58. The van der Waals surface area contributed by atoms with Crippen LogP contribution in [0, 0.1) is 0 Å². The van der Waals surface area contributed by atoms with Crippen molar-refractivity contribution < 1.29 is 4.52 Å². The molecule has 130 valence electrons. The number of hydrogen-bond donors (Lipinski definition) is 1. The van der Waals surface area contributed by atoms with E-state index >= 15 is 0 Å². The maximum Gasteiger partial charge on any atom is 0.231 e. The maximum atomic E-state index is 6.33. The standard InChI is InChI=1S/C20H17ClN4O/c21-16-5-1-2-7-18(16)25-11-9-13(12-25)20-23-19(24-26-20)15-4-3-6-17-14(15)8-10-22-17/h1-8,10,13,22H,9,11-12H2. The first kappa shape index (κ1) is 15.5. The number of benzene rings is 2. The molecule has 1 N–H and O–H groups in total. The van der Waals surface area contributed by atoms with Crippen molar-refractivity contribution in [2.45, 2.75) is 12.3 Å². The zero-order valence-electron chi connectivity index (χ0n) is 14.0. The van der Waals surface area contributed by atoms with Gasteiger partial charge in [0.15, 0.2) is 0 Å². The molecule has 1 saturated heterocycles. The third-order valence-electron chi connectivity index (χ3n) is 5.01. The van der Waals surface area contributed by atoms with Gasteiger partial charge in [0.25, 0.3) is 0 Å². The number of H-pyrrole nitrogens is 1. The number of aromatic nitrogens is 3. The van der Waals surface area contributed by atoms with Crippen LogP contribution in [0.15, 0.2) is 59.3 Å². The van der Waals surface area contributed by atoms with Gasteiger partial charge in [-0.3, -0.25) is 0 Å². The number of aromatic amines is 1. The number of rotatable bonds is 3. The summed E-state index contributed by atoms with van der Waals surface area (Å²) < 4.78 is 5.61. The van der Waals surface area contributed by atoms with E-state index in [0.717, 1.165) is 46.7 Å². The normalized spacial score (nSPS) is 17.3. The Morgan fingerprint density at radius 1 is 1.12 bits per heavy atom. The molecule has 6 heteroatoms. The number of fused-ring (bicyclic) bond motifs is 1. The van der Waals surface area contributed by atoms with Crippen LogP contribution < -0.4 is 4.90 Å². The Kier molecular flexibility index (Phi) is 3.68. The fourth-order valence-corrected chi connectivity index (χ4v) is 3.93. The Labute approximate surface area is 155 Å². The van der Waals surface area contributed by atoms with Crippen LogP contribution in [0.1, 0.15) is 18.2 Å². The molecule has 26 heavy (non-hydrogen) atoms. The Hall–Kier alpha value is -2.79. The van der Waals surface area contributed by atoms with Crippen molar-refractivity contribution in [3.8, 4) is 11.4 Å². The molecule has 0 amide bonds. The van der Waals surface area contributed by atoms with Crippen LogP contribution in [-0.2, 0) is 0 Å². The van der Waals surface area contributed by atoms with Gasteiger partial charge in [0, 0.05) is 35.8 Å². The van der Waals surface area contributed by atoms with E-state index in [9.17, 15) is 0 Å². The lowest BCUT2D eigenvalue weighted by Gasteiger charge is -2.19. The first-order chi connectivity index (χ1) is 12.8. The van der Waals surface area contributed by atoms with E-state index in [2.05, 4.69) is 21.1 Å². The van der Waals surface area contributed by atoms with Crippen LogP contribution in [0.2, 0.25) is 5.02 Å². The fraction of sp³-hybridized carbons (Fsp3) is 0.200. The quantitative estimate of drug-likeness (QED) is 0.563. The lowest BCUT2D eigenvalue weighted by Crippen LogP contribution is -2.19. The number of anilines is 1. The van der Waals surface area contributed by atoms with E-state index in [-0.39, 0.29) is 5.92 Å². The Bertz CT molecular complexity index is 1070. The molecule has 1 aliphatic heterocycles. The highest BCUT2D eigenvalue weighted by Gasteiger charge is 2.29. The Morgan fingerprint density at radius 2 is 2.04 bits per heavy atom. The van der Waals surface area contributed by atoms with Crippen molar-refractivity contribution >= 4 is 28.2 Å². The molecule has 3 heterocycles. The number of hydrogen-bond acceptors (Lipinski definition) is 4. The summed E-state index contributed by atoms with van der Waals surface area (Å²) in [6.45, 7) is 1.76. The minimum absolute atomic E-state index is 0.220. The number of halogens is 1. The molecule has 2 aromatic heterocycles. The first-order valence-corrected chi connectivity index (χ1v) is 9.07. The molecule has 1 fully saturated rings. The highest BCUT2D eigenvalue weighted by molar-refractivity contribution is 6.33. The summed E-state index contributed by atoms with van der Waals surface area (Å²) in [5.74, 6) is 1.56. The molecule has 0 saturated carbocycles. The lowest BCUT2D eigenvalue weighted by atomic mass is 10.1. The number of para-hydroxylation sites is 1.